The van der Waals surface area contributed by atoms with E-state index in [0.717, 1.165) is 5.56 Å². The number of amides is 2. The fourth-order valence-electron chi connectivity index (χ4n) is 1.87. The number of ether oxygens (including phenoxy) is 1. The van der Waals surface area contributed by atoms with Gasteiger partial charge < -0.3 is 4.74 Å². The Balaban J connectivity index is 1.82. The second-order valence-electron chi connectivity index (χ2n) is 5.03. The van der Waals surface area contributed by atoms with E-state index >= 15 is 0 Å². The minimum Gasteiger partial charge on any atom is -0.479 e. The number of benzene rings is 2. The van der Waals surface area contributed by atoms with Gasteiger partial charge in [0.2, 0.25) is 5.91 Å². The Morgan fingerprint density at radius 3 is 2.46 bits per heavy atom. The zero-order valence-electron chi connectivity index (χ0n) is 12.9. The molecular weight excluding hydrogens is 351 g/mol. The van der Waals surface area contributed by atoms with Crippen LogP contribution in [0.1, 0.15) is 12.5 Å². The zero-order chi connectivity index (χ0) is 17.5. The number of carbonyl (C=O) groups excluding carboxylic acids is 2. The van der Waals surface area contributed by atoms with Crippen LogP contribution in [0.25, 0.3) is 0 Å². The fraction of sp³-hybridized carbons (Fsp3) is 0.176. The highest BCUT2D eigenvalue weighted by atomic mass is 35.5. The Morgan fingerprint density at radius 2 is 1.79 bits per heavy atom. The van der Waals surface area contributed by atoms with Crippen molar-refractivity contribution < 1.29 is 14.3 Å². The first-order chi connectivity index (χ1) is 11.5. The highest BCUT2D eigenvalue weighted by Crippen LogP contribution is 2.28. The summed E-state index contributed by atoms with van der Waals surface area (Å²) in [5.41, 5.74) is 5.52. The third-order valence-corrected chi connectivity index (χ3v) is 3.63. The van der Waals surface area contributed by atoms with Crippen LogP contribution >= 0.6 is 23.2 Å². The monoisotopic (exact) mass is 366 g/mol. The summed E-state index contributed by atoms with van der Waals surface area (Å²) in [6.07, 6.45) is -0.681. The lowest BCUT2D eigenvalue weighted by Crippen LogP contribution is -2.47. The summed E-state index contributed by atoms with van der Waals surface area (Å²) in [5, 5.41) is 0.771. The Labute approximate surface area is 149 Å². The lowest BCUT2D eigenvalue weighted by Gasteiger charge is -2.16. The van der Waals surface area contributed by atoms with E-state index in [1.807, 2.05) is 30.3 Å². The van der Waals surface area contributed by atoms with E-state index < -0.39 is 12.0 Å². The number of hydrazine groups is 1. The minimum atomic E-state index is -0.847. The molecule has 0 heterocycles. The molecule has 2 rings (SSSR count). The maximum absolute atomic E-state index is 12.0. The molecule has 0 spiro atoms. The van der Waals surface area contributed by atoms with E-state index in [0.29, 0.717) is 15.8 Å². The van der Waals surface area contributed by atoms with E-state index in [4.69, 9.17) is 27.9 Å². The molecule has 2 amide bonds. The molecule has 1 atom stereocenters. The van der Waals surface area contributed by atoms with Crippen molar-refractivity contribution in [3.8, 4) is 5.75 Å². The van der Waals surface area contributed by atoms with Gasteiger partial charge >= 0.3 is 0 Å². The summed E-state index contributed by atoms with van der Waals surface area (Å²) in [6, 6.07) is 13.9. The van der Waals surface area contributed by atoms with Crippen LogP contribution in [-0.4, -0.2) is 17.9 Å². The summed E-state index contributed by atoms with van der Waals surface area (Å²) in [4.78, 5) is 23.7. The quantitative estimate of drug-likeness (QED) is 0.798. The zero-order valence-corrected chi connectivity index (χ0v) is 14.4. The third-order valence-electron chi connectivity index (χ3n) is 3.10. The van der Waals surface area contributed by atoms with Crippen LogP contribution in [0.3, 0.4) is 0 Å². The molecule has 0 aliphatic heterocycles. The van der Waals surface area contributed by atoms with Crippen LogP contribution in [0.15, 0.2) is 48.5 Å². The van der Waals surface area contributed by atoms with Gasteiger partial charge in [-0.2, -0.15) is 0 Å². The molecule has 24 heavy (non-hydrogen) atoms. The van der Waals surface area contributed by atoms with Crippen molar-refractivity contribution in [3.63, 3.8) is 0 Å². The van der Waals surface area contributed by atoms with Crippen LogP contribution in [0.5, 0.6) is 5.75 Å². The second-order valence-corrected chi connectivity index (χ2v) is 5.88. The molecule has 0 saturated carbocycles. The van der Waals surface area contributed by atoms with Crippen molar-refractivity contribution in [3.05, 3.63) is 64.1 Å². The van der Waals surface area contributed by atoms with Crippen LogP contribution in [0.4, 0.5) is 0 Å². The first kappa shape index (κ1) is 18.1. The van der Waals surface area contributed by atoms with E-state index in [9.17, 15) is 9.59 Å². The highest BCUT2D eigenvalue weighted by Gasteiger charge is 2.17. The lowest BCUT2D eigenvalue weighted by atomic mass is 10.1. The molecule has 2 N–H and O–H groups in total. The van der Waals surface area contributed by atoms with Gasteiger partial charge in [-0.3, -0.25) is 20.4 Å². The van der Waals surface area contributed by atoms with Gasteiger partial charge in [-0.25, -0.2) is 0 Å². The summed E-state index contributed by atoms with van der Waals surface area (Å²) < 4.78 is 5.46. The van der Waals surface area contributed by atoms with E-state index in [1.54, 1.807) is 19.1 Å². The minimum absolute atomic E-state index is 0.166. The average Bonchev–Trinajstić information content (AvgIpc) is 2.56. The number of carbonyl (C=O) groups is 2. The number of rotatable bonds is 5. The molecule has 5 nitrogen and oxygen atoms in total. The topological polar surface area (TPSA) is 67.4 Å². The fourth-order valence-corrected chi connectivity index (χ4v) is 2.33. The molecule has 126 valence electrons. The average molecular weight is 367 g/mol. The standard InChI is InChI=1S/C17H16Cl2N2O3/c1-11(24-15-8-7-13(18)10-14(15)19)17(23)21-20-16(22)9-12-5-3-2-4-6-12/h2-8,10-11H,9H2,1H3,(H,20,22)(H,21,23)/t11-/m0/s1. The maximum atomic E-state index is 12.0. The highest BCUT2D eigenvalue weighted by molar-refractivity contribution is 6.35. The summed E-state index contributed by atoms with van der Waals surface area (Å²) >= 11 is 11.8. The van der Waals surface area contributed by atoms with E-state index in [2.05, 4.69) is 10.9 Å². The largest absolute Gasteiger partial charge is 0.479 e. The smallest absolute Gasteiger partial charge is 0.279 e. The van der Waals surface area contributed by atoms with Crippen molar-refractivity contribution in [2.24, 2.45) is 0 Å². The Kier molecular flexibility index (Phi) is 6.46. The summed E-state index contributed by atoms with van der Waals surface area (Å²) in [6.45, 7) is 1.55. The molecule has 0 fully saturated rings. The van der Waals surface area contributed by atoms with Gasteiger partial charge in [0.15, 0.2) is 6.10 Å². The van der Waals surface area contributed by atoms with Crippen molar-refractivity contribution >= 4 is 35.0 Å². The molecule has 7 heteroatoms. The second kappa shape index (κ2) is 8.57. The van der Waals surface area contributed by atoms with Gasteiger partial charge in [0.25, 0.3) is 5.91 Å². The van der Waals surface area contributed by atoms with Crippen LogP contribution in [0.2, 0.25) is 10.0 Å². The van der Waals surface area contributed by atoms with Crippen LogP contribution in [-0.2, 0) is 16.0 Å². The Hall–Kier alpha value is -2.24. The van der Waals surface area contributed by atoms with Gasteiger partial charge in [0.1, 0.15) is 5.75 Å². The molecule has 2 aromatic rings. The van der Waals surface area contributed by atoms with Crippen LogP contribution < -0.4 is 15.6 Å². The molecule has 0 unspecified atom stereocenters. The molecule has 2 aromatic carbocycles. The van der Waals surface area contributed by atoms with E-state index in [-0.39, 0.29) is 12.3 Å². The van der Waals surface area contributed by atoms with Gasteiger partial charge in [0, 0.05) is 5.02 Å². The van der Waals surface area contributed by atoms with Crippen molar-refractivity contribution in [2.45, 2.75) is 19.4 Å². The van der Waals surface area contributed by atoms with Gasteiger partial charge in [-0.1, -0.05) is 53.5 Å². The number of halogens is 2. The Morgan fingerprint density at radius 1 is 1.08 bits per heavy atom. The molecule has 0 aliphatic carbocycles. The summed E-state index contributed by atoms with van der Waals surface area (Å²) in [7, 11) is 0. The van der Waals surface area contributed by atoms with Gasteiger partial charge in [-0.05, 0) is 30.7 Å². The normalized spacial score (nSPS) is 11.5. The predicted octanol–water partition coefficient (Wildman–Crippen LogP) is 3.15. The first-order valence-electron chi connectivity index (χ1n) is 7.20. The SMILES string of the molecule is C[C@H](Oc1ccc(Cl)cc1Cl)C(=O)NNC(=O)Cc1ccccc1. The van der Waals surface area contributed by atoms with E-state index in [1.165, 1.54) is 6.07 Å². The number of hydrogen-bond donors (Lipinski definition) is 2. The molecule has 0 aliphatic rings. The van der Waals surface area contributed by atoms with Gasteiger partial charge in [0.05, 0.1) is 11.4 Å². The van der Waals surface area contributed by atoms with Crippen LogP contribution in [0, 0.1) is 0 Å². The molecule has 0 saturated heterocycles. The lowest BCUT2D eigenvalue weighted by molar-refractivity contribution is -0.132. The molecule has 0 bridgehead atoms. The predicted molar refractivity (Wildman–Crippen MR) is 93.0 cm³/mol. The number of nitrogens with one attached hydrogen (secondary N) is 2. The number of hydrogen-bond acceptors (Lipinski definition) is 3. The van der Waals surface area contributed by atoms with Gasteiger partial charge in [-0.15, -0.1) is 0 Å². The Bertz CT molecular complexity index is 723. The van der Waals surface area contributed by atoms with Crippen molar-refractivity contribution in [2.75, 3.05) is 0 Å². The third kappa shape index (κ3) is 5.44. The summed E-state index contributed by atoms with van der Waals surface area (Å²) in [5.74, 6) is -0.493. The molecule has 0 radical (unpaired) electrons. The first-order valence-corrected chi connectivity index (χ1v) is 7.95. The molecular formula is C17H16Cl2N2O3. The maximum Gasteiger partial charge on any atom is 0.279 e. The molecule has 0 aromatic heterocycles. The van der Waals surface area contributed by atoms with Crippen molar-refractivity contribution in [1.82, 2.24) is 10.9 Å². The van der Waals surface area contributed by atoms with Crippen molar-refractivity contribution in [1.29, 1.82) is 0 Å².